The summed E-state index contributed by atoms with van der Waals surface area (Å²) in [4.78, 5) is 16.3. The summed E-state index contributed by atoms with van der Waals surface area (Å²) >= 11 is 6.63. The third kappa shape index (κ3) is 3.33. The first-order chi connectivity index (χ1) is 9.11. The average Bonchev–Trinajstić information content (AvgIpc) is 2.42. The molecule has 0 radical (unpaired) electrons. The molecule has 1 amide bonds. The van der Waals surface area contributed by atoms with Crippen molar-refractivity contribution in [3.63, 3.8) is 0 Å². The minimum absolute atomic E-state index is 0.237. The van der Waals surface area contributed by atoms with Gasteiger partial charge in [-0.15, -0.1) is 0 Å². The molecule has 4 nitrogen and oxygen atoms in total. The van der Waals surface area contributed by atoms with Gasteiger partial charge in [0.05, 0.1) is 18.4 Å². The molecule has 0 aliphatic heterocycles. The summed E-state index contributed by atoms with van der Waals surface area (Å²) in [6.45, 7) is 0. The summed E-state index contributed by atoms with van der Waals surface area (Å²) in [5.74, 6) is 0.387. The molecule has 6 heteroatoms. The Hall–Kier alpha value is -1.40. The van der Waals surface area contributed by atoms with Crippen LogP contribution in [0.25, 0.3) is 0 Å². The number of halogens is 2. The number of carbonyl (C=O) groups excluding carboxylic acids is 1. The number of benzene rings is 1. The fourth-order valence-electron chi connectivity index (χ4n) is 1.47. The van der Waals surface area contributed by atoms with Gasteiger partial charge in [-0.3, -0.25) is 4.79 Å². The highest BCUT2D eigenvalue weighted by atomic mass is 79.9. The number of aromatic nitrogens is 1. The predicted molar refractivity (Wildman–Crippen MR) is 80.6 cm³/mol. The summed E-state index contributed by atoms with van der Waals surface area (Å²) < 4.78 is 6.40. The van der Waals surface area contributed by atoms with Gasteiger partial charge < -0.3 is 10.1 Å². The van der Waals surface area contributed by atoms with Gasteiger partial charge in [0.25, 0.3) is 5.91 Å². The molecule has 2 aromatic rings. The molecule has 0 unspecified atom stereocenters. The smallest absolute Gasteiger partial charge is 0.257 e. The second-order valence-electron chi connectivity index (χ2n) is 3.64. The summed E-state index contributed by atoms with van der Waals surface area (Å²) in [6, 6.07) is 8.74. The summed E-state index contributed by atoms with van der Waals surface area (Å²) in [6.07, 6.45) is 1.64. The maximum Gasteiger partial charge on any atom is 0.257 e. The SMILES string of the molecule is COc1ccc(Br)c(C(=O)Nc2cccnc2Br)c1. The Morgan fingerprint density at radius 3 is 2.79 bits per heavy atom. The quantitative estimate of drug-likeness (QED) is 0.816. The zero-order valence-corrected chi connectivity index (χ0v) is 13.2. The molecular weight excluding hydrogens is 376 g/mol. The Kier molecular flexibility index (Phi) is 4.55. The van der Waals surface area contributed by atoms with E-state index in [4.69, 9.17) is 4.74 Å². The molecule has 1 aromatic heterocycles. The number of pyridine rings is 1. The van der Waals surface area contributed by atoms with Crippen LogP contribution in [0.4, 0.5) is 5.69 Å². The van der Waals surface area contributed by atoms with Gasteiger partial charge in [-0.2, -0.15) is 0 Å². The highest BCUT2D eigenvalue weighted by Crippen LogP contribution is 2.25. The third-order valence-electron chi connectivity index (χ3n) is 2.43. The lowest BCUT2D eigenvalue weighted by Crippen LogP contribution is -2.13. The zero-order valence-electron chi connectivity index (χ0n) is 9.98. The summed E-state index contributed by atoms with van der Waals surface area (Å²) in [5.41, 5.74) is 1.11. The van der Waals surface area contributed by atoms with Crippen molar-refractivity contribution in [2.45, 2.75) is 0 Å². The molecule has 0 bridgehead atoms. The van der Waals surface area contributed by atoms with Crippen LogP contribution in [0.15, 0.2) is 45.6 Å². The van der Waals surface area contributed by atoms with Gasteiger partial charge >= 0.3 is 0 Å². The number of hydrogen-bond donors (Lipinski definition) is 1. The number of ether oxygens (including phenoxy) is 1. The number of methoxy groups -OCH3 is 1. The van der Waals surface area contributed by atoms with Gasteiger partial charge in [-0.1, -0.05) is 0 Å². The van der Waals surface area contributed by atoms with E-state index in [1.807, 2.05) is 0 Å². The first-order valence-electron chi connectivity index (χ1n) is 5.37. The van der Waals surface area contributed by atoms with E-state index in [0.717, 1.165) is 0 Å². The van der Waals surface area contributed by atoms with Crippen molar-refractivity contribution >= 4 is 43.5 Å². The second-order valence-corrected chi connectivity index (χ2v) is 5.25. The van der Waals surface area contributed by atoms with Crippen molar-refractivity contribution in [3.05, 3.63) is 51.2 Å². The van der Waals surface area contributed by atoms with Gasteiger partial charge in [-0.05, 0) is 62.2 Å². The van der Waals surface area contributed by atoms with E-state index < -0.39 is 0 Å². The van der Waals surface area contributed by atoms with E-state index in [0.29, 0.717) is 26.1 Å². The van der Waals surface area contributed by atoms with Crippen molar-refractivity contribution in [2.24, 2.45) is 0 Å². The Labute approximate surface area is 127 Å². The minimum Gasteiger partial charge on any atom is -0.497 e. The second kappa shape index (κ2) is 6.16. The lowest BCUT2D eigenvalue weighted by Gasteiger charge is -2.09. The minimum atomic E-state index is -0.237. The molecule has 0 saturated heterocycles. The van der Waals surface area contributed by atoms with E-state index in [9.17, 15) is 4.79 Å². The largest absolute Gasteiger partial charge is 0.497 e. The van der Waals surface area contributed by atoms with Crippen LogP contribution in [0.5, 0.6) is 5.75 Å². The van der Waals surface area contributed by atoms with Crippen LogP contribution in [0.1, 0.15) is 10.4 Å². The Balaban J connectivity index is 2.28. The molecule has 0 saturated carbocycles. The number of hydrogen-bond acceptors (Lipinski definition) is 3. The first-order valence-corrected chi connectivity index (χ1v) is 6.96. The van der Waals surface area contributed by atoms with Crippen molar-refractivity contribution in [1.29, 1.82) is 0 Å². The van der Waals surface area contributed by atoms with Crippen LogP contribution in [0.3, 0.4) is 0 Å². The van der Waals surface area contributed by atoms with Gasteiger partial charge in [0.15, 0.2) is 0 Å². The molecule has 98 valence electrons. The molecule has 0 atom stereocenters. The molecule has 0 fully saturated rings. The number of nitrogens with one attached hydrogen (secondary N) is 1. The van der Waals surface area contributed by atoms with Crippen LogP contribution in [0, 0.1) is 0 Å². The van der Waals surface area contributed by atoms with Crippen LogP contribution < -0.4 is 10.1 Å². The van der Waals surface area contributed by atoms with E-state index in [1.165, 1.54) is 0 Å². The van der Waals surface area contributed by atoms with E-state index in [1.54, 1.807) is 43.6 Å². The van der Waals surface area contributed by atoms with Gasteiger partial charge in [0.2, 0.25) is 0 Å². The normalized spacial score (nSPS) is 10.1. The number of rotatable bonds is 3. The molecule has 1 N–H and O–H groups in total. The third-order valence-corrected chi connectivity index (χ3v) is 3.75. The first kappa shape index (κ1) is 14.0. The van der Waals surface area contributed by atoms with Crippen LogP contribution in [0.2, 0.25) is 0 Å². The highest BCUT2D eigenvalue weighted by Gasteiger charge is 2.13. The number of amides is 1. The summed E-state index contributed by atoms with van der Waals surface area (Å²) in [7, 11) is 1.56. The molecule has 0 aliphatic carbocycles. The van der Waals surface area contributed by atoms with Crippen LogP contribution in [-0.2, 0) is 0 Å². The lowest BCUT2D eigenvalue weighted by atomic mass is 10.2. The molecule has 1 aromatic carbocycles. The van der Waals surface area contributed by atoms with E-state index in [-0.39, 0.29) is 5.91 Å². The maximum absolute atomic E-state index is 12.2. The lowest BCUT2D eigenvalue weighted by molar-refractivity contribution is 0.102. The summed E-state index contributed by atoms with van der Waals surface area (Å²) in [5, 5.41) is 2.78. The Bertz CT molecular complexity index is 617. The molecule has 0 aliphatic rings. The number of nitrogens with zero attached hydrogens (tertiary/aromatic N) is 1. The topological polar surface area (TPSA) is 51.2 Å². The molecule has 1 heterocycles. The Morgan fingerprint density at radius 1 is 1.32 bits per heavy atom. The van der Waals surface area contributed by atoms with Gasteiger partial charge in [0, 0.05) is 10.7 Å². The molecule has 2 rings (SSSR count). The fraction of sp³-hybridized carbons (Fsp3) is 0.0769. The fourth-order valence-corrected chi connectivity index (χ4v) is 2.25. The molecular formula is C13H10Br2N2O2. The van der Waals surface area contributed by atoms with Gasteiger partial charge in [-0.25, -0.2) is 4.98 Å². The predicted octanol–water partition coefficient (Wildman–Crippen LogP) is 3.87. The van der Waals surface area contributed by atoms with Crippen molar-refractivity contribution in [2.75, 3.05) is 12.4 Å². The van der Waals surface area contributed by atoms with Gasteiger partial charge in [0.1, 0.15) is 10.4 Å². The Morgan fingerprint density at radius 2 is 2.11 bits per heavy atom. The standard InChI is InChI=1S/C13H10Br2N2O2/c1-19-8-4-5-10(14)9(7-8)13(18)17-11-3-2-6-16-12(11)15/h2-7H,1H3,(H,17,18). The highest BCUT2D eigenvalue weighted by molar-refractivity contribution is 9.10. The number of anilines is 1. The monoisotopic (exact) mass is 384 g/mol. The average molecular weight is 386 g/mol. The van der Waals surface area contributed by atoms with Crippen molar-refractivity contribution < 1.29 is 9.53 Å². The van der Waals surface area contributed by atoms with Crippen molar-refractivity contribution in [3.8, 4) is 5.75 Å². The number of carbonyl (C=O) groups is 1. The van der Waals surface area contributed by atoms with Crippen LogP contribution in [-0.4, -0.2) is 18.0 Å². The molecule has 0 spiro atoms. The van der Waals surface area contributed by atoms with Crippen molar-refractivity contribution in [1.82, 2.24) is 4.98 Å². The van der Waals surface area contributed by atoms with E-state index in [2.05, 4.69) is 42.2 Å². The van der Waals surface area contributed by atoms with Crippen LogP contribution >= 0.6 is 31.9 Å². The maximum atomic E-state index is 12.2. The zero-order chi connectivity index (χ0) is 13.8. The molecule has 19 heavy (non-hydrogen) atoms. The van der Waals surface area contributed by atoms with E-state index >= 15 is 0 Å².